The highest BCUT2D eigenvalue weighted by Gasteiger charge is 2.33. The van der Waals surface area contributed by atoms with E-state index < -0.39 is 0 Å². The molecule has 1 saturated heterocycles. The van der Waals surface area contributed by atoms with Crippen LogP contribution in [0.1, 0.15) is 28.5 Å². The number of benzene rings is 3. The second kappa shape index (κ2) is 10.7. The highest BCUT2D eigenvalue weighted by molar-refractivity contribution is 5.98. The van der Waals surface area contributed by atoms with Crippen LogP contribution in [0.4, 0.5) is 0 Å². The third kappa shape index (κ3) is 5.20. The first-order valence-electron chi connectivity index (χ1n) is 12.4. The Hall–Kier alpha value is -3.70. The number of amides is 1. The smallest absolute Gasteiger partial charge is 0.275 e. The number of aromatic nitrogens is 2. The van der Waals surface area contributed by atoms with Crippen molar-refractivity contribution < 1.29 is 4.79 Å². The van der Waals surface area contributed by atoms with E-state index in [-0.39, 0.29) is 11.9 Å². The first kappa shape index (κ1) is 23.1. The molecule has 2 heterocycles. The standard InChI is InChI=1S/C30H32N4O/c1-2-33-23-31-28(29(33)26-16-10-5-11-17-26)30(35)34-19-18-32(21-25-14-8-4-9-15-25)22-27(34)20-24-12-6-3-7-13-24/h3-17,23,27H,2,18-22H2,1H3/t27-/m1/s1. The summed E-state index contributed by atoms with van der Waals surface area (Å²) in [5.41, 5.74) is 5.03. The molecule has 0 spiro atoms. The molecular weight excluding hydrogens is 432 g/mol. The number of rotatable bonds is 7. The summed E-state index contributed by atoms with van der Waals surface area (Å²) in [4.78, 5) is 23.2. The summed E-state index contributed by atoms with van der Waals surface area (Å²) in [6.07, 6.45) is 2.63. The Morgan fingerprint density at radius 1 is 0.857 bits per heavy atom. The third-order valence-corrected chi connectivity index (χ3v) is 6.82. The largest absolute Gasteiger partial charge is 0.331 e. The number of hydrogen-bond donors (Lipinski definition) is 0. The van der Waals surface area contributed by atoms with E-state index in [0.717, 1.165) is 43.9 Å². The molecule has 1 fully saturated rings. The number of imidazole rings is 1. The SMILES string of the molecule is CCn1cnc(C(=O)N2CCN(Cc3ccccc3)C[C@H]2Cc2ccccc2)c1-c1ccccc1. The van der Waals surface area contributed by atoms with E-state index >= 15 is 0 Å². The molecule has 35 heavy (non-hydrogen) atoms. The first-order chi connectivity index (χ1) is 17.2. The molecule has 0 aliphatic carbocycles. The average Bonchev–Trinajstić information content (AvgIpc) is 3.34. The molecule has 0 unspecified atom stereocenters. The first-order valence-corrected chi connectivity index (χ1v) is 12.4. The van der Waals surface area contributed by atoms with Gasteiger partial charge in [-0.25, -0.2) is 4.98 Å². The Labute approximate surface area is 207 Å². The monoisotopic (exact) mass is 464 g/mol. The molecule has 1 atom stereocenters. The van der Waals surface area contributed by atoms with Crippen molar-refractivity contribution in [2.24, 2.45) is 0 Å². The lowest BCUT2D eigenvalue weighted by atomic mass is 10.0. The molecule has 0 bridgehead atoms. The topological polar surface area (TPSA) is 41.4 Å². The van der Waals surface area contributed by atoms with Crippen molar-refractivity contribution in [3.8, 4) is 11.3 Å². The third-order valence-electron chi connectivity index (χ3n) is 6.82. The quantitative estimate of drug-likeness (QED) is 0.380. The Morgan fingerprint density at radius 2 is 1.49 bits per heavy atom. The lowest BCUT2D eigenvalue weighted by Gasteiger charge is -2.41. The molecule has 0 N–H and O–H groups in total. The minimum atomic E-state index is 0.0244. The minimum absolute atomic E-state index is 0.0244. The van der Waals surface area contributed by atoms with Crippen LogP contribution in [0.3, 0.4) is 0 Å². The van der Waals surface area contributed by atoms with Gasteiger partial charge in [-0.15, -0.1) is 0 Å². The number of carbonyl (C=O) groups excluding carboxylic acids is 1. The lowest BCUT2D eigenvalue weighted by Crippen LogP contribution is -2.55. The van der Waals surface area contributed by atoms with E-state index in [1.165, 1.54) is 11.1 Å². The van der Waals surface area contributed by atoms with Crippen molar-refractivity contribution in [2.75, 3.05) is 19.6 Å². The Morgan fingerprint density at radius 3 is 2.14 bits per heavy atom. The normalized spacial score (nSPS) is 16.4. The Kier molecular flexibility index (Phi) is 7.05. The summed E-state index contributed by atoms with van der Waals surface area (Å²) in [7, 11) is 0. The van der Waals surface area contributed by atoms with E-state index in [4.69, 9.17) is 0 Å². The van der Waals surface area contributed by atoms with Crippen LogP contribution in [0, 0.1) is 0 Å². The van der Waals surface area contributed by atoms with Gasteiger partial charge in [0.15, 0.2) is 5.69 Å². The van der Waals surface area contributed by atoms with E-state index in [1.54, 1.807) is 6.33 Å². The fourth-order valence-corrected chi connectivity index (χ4v) is 5.05. The van der Waals surface area contributed by atoms with Gasteiger partial charge in [0.05, 0.1) is 12.0 Å². The van der Waals surface area contributed by atoms with Crippen molar-refractivity contribution in [3.63, 3.8) is 0 Å². The molecule has 3 aromatic carbocycles. The molecule has 5 rings (SSSR count). The predicted octanol–water partition coefficient (Wildman–Crippen LogP) is 5.14. The summed E-state index contributed by atoms with van der Waals surface area (Å²) in [5.74, 6) is 0.0244. The van der Waals surface area contributed by atoms with E-state index in [0.29, 0.717) is 12.2 Å². The van der Waals surface area contributed by atoms with E-state index in [9.17, 15) is 4.79 Å². The van der Waals surface area contributed by atoms with Gasteiger partial charge >= 0.3 is 0 Å². The lowest BCUT2D eigenvalue weighted by molar-refractivity contribution is 0.0434. The molecule has 0 saturated carbocycles. The number of piperazine rings is 1. The fourth-order valence-electron chi connectivity index (χ4n) is 5.05. The van der Waals surface area contributed by atoms with Gasteiger partial charge in [-0.3, -0.25) is 9.69 Å². The second-order valence-corrected chi connectivity index (χ2v) is 9.16. The van der Waals surface area contributed by atoms with Crippen LogP contribution < -0.4 is 0 Å². The average molecular weight is 465 g/mol. The van der Waals surface area contributed by atoms with Gasteiger partial charge in [0.1, 0.15) is 0 Å². The molecule has 1 aliphatic rings. The highest BCUT2D eigenvalue weighted by atomic mass is 16.2. The number of hydrogen-bond acceptors (Lipinski definition) is 3. The molecule has 1 aromatic heterocycles. The van der Waals surface area contributed by atoms with Gasteiger partial charge in [-0.05, 0) is 24.5 Å². The maximum Gasteiger partial charge on any atom is 0.275 e. The van der Waals surface area contributed by atoms with Crippen LogP contribution in [0.5, 0.6) is 0 Å². The zero-order valence-corrected chi connectivity index (χ0v) is 20.3. The molecule has 5 heteroatoms. The van der Waals surface area contributed by atoms with Gasteiger partial charge in [0.2, 0.25) is 0 Å². The minimum Gasteiger partial charge on any atom is -0.331 e. The fraction of sp³-hybridized carbons (Fsp3) is 0.267. The van der Waals surface area contributed by atoms with E-state index in [1.807, 2.05) is 24.3 Å². The van der Waals surface area contributed by atoms with Crippen LogP contribution in [0.15, 0.2) is 97.3 Å². The van der Waals surface area contributed by atoms with Crippen molar-refractivity contribution in [3.05, 3.63) is 114 Å². The molecule has 1 amide bonds. The number of nitrogens with zero attached hydrogens (tertiary/aromatic N) is 4. The zero-order chi connectivity index (χ0) is 24.0. The second-order valence-electron chi connectivity index (χ2n) is 9.16. The summed E-state index contributed by atoms with van der Waals surface area (Å²) in [6, 6.07) is 31.3. The van der Waals surface area contributed by atoms with Gasteiger partial charge in [0, 0.05) is 44.3 Å². The van der Waals surface area contributed by atoms with Gasteiger partial charge in [0.25, 0.3) is 5.91 Å². The van der Waals surface area contributed by atoms with Crippen molar-refractivity contribution in [1.82, 2.24) is 19.4 Å². The van der Waals surface area contributed by atoms with Crippen LogP contribution in [0.2, 0.25) is 0 Å². The van der Waals surface area contributed by atoms with Crippen LogP contribution in [-0.2, 0) is 19.5 Å². The molecular formula is C30H32N4O. The Bertz CT molecular complexity index is 1240. The maximum atomic E-state index is 14.0. The van der Waals surface area contributed by atoms with Crippen molar-refractivity contribution >= 4 is 5.91 Å². The number of aryl methyl sites for hydroxylation is 1. The molecule has 178 valence electrons. The molecule has 5 nitrogen and oxygen atoms in total. The molecule has 0 radical (unpaired) electrons. The molecule has 4 aromatic rings. The Balaban J connectivity index is 1.43. The maximum absolute atomic E-state index is 14.0. The van der Waals surface area contributed by atoms with Crippen LogP contribution in [0.25, 0.3) is 11.3 Å². The number of carbonyl (C=O) groups is 1. The summed E-state index contributed by atoms with van der Waals surface area (Å²) in [6.45, 7) is 6.13. The van der Waals surface area contributed by atoms with Crippen LogP contribution in [-0.4, -0.2) is 50.9 Å². The highest BCUT2D eigenvalue weighted by Crippen LogP contribution is 2.27. The van der Waals surface area contributed by atoms with Gasteiger partial charge in [-0.2, -0.15) is 0 Å². The van der Waals surface area contributed by atoms with Crippen LogP contribution >= 0.6 is 0 Å². The zero-order valence-electron chi connectivity index (χ0n) is 20.3. The van der Waals surface area contributed by atoms with Crippen molar-refractivity contribution in [2.45, 2.75) is 32.5 Å². The van der Waals surface area contributed by atoms with Gasteiger partial charge in [-0.1, -0.05) is 91.0 Å². The van der Waals surface area contributed by atoms with Gasteiger partial charge < -0.3 is 9.47 Å². The molecule has 1 aliphatic heterocycles. The predicted molar refractivity (Wildman–Crippen MR) is 140 cm³/mol. The van der Waals surface area contributed by atoms with E-state index in [2.05, 4.69) is 93.0 Å². The summed E-state index contributed by atoms with van der Waals surface area (Å²) < 4.78 is 2.07. The summed E-state index contributed by atoms with van der Waals surface area (Å²) >= 11 is 0. The van der Waals surface area contributed by atoms with Crippen molar-refractivity contribution in [1.29, 1.82) is 0 Å². The summed E-state index contributed by atoms with van der Waals surface area (Å²) in [5, 5.41) is 0.